The quantitative estimate of drug-likeness (QED) is 0.552. The summed E-state index contributed by atoms with van der Waals surface area (Å²) < 4.78 is 5.56. The van der Waals surface area contributed by atoms with Crippen molar-refractivity contribution in [3.63, 3.8) is 0 Å². The summed E-state index contributed by atoms with van der Waals surface area (Å²) in [6.45, 7) is 10.7. The Morgan fingerprint density at radius 1 is 1.26 bits per heavy atom. The van der Waals surface area contributed by atoms with Gasteiger partial charge in [-0.1, -0.05) is 27.7 Å². The molecule has 19 heavy (non-hydrogen) atoms. The Morgan fingerprint density at radius 2 is 1.84 bits per heavy atom. The van der Waals surface area contributed by atoms with Crippen LogP contribution in [0.25, 0.3) is 0 Å². The van der Waals surface area contributed by atoms with E-state index in [1.54, 1.807) is 0 Å². The molecule has 0 saturated carbocycles. The second kappa shape index (κ2) is 9.28. The normalized spacial score (nSPS) is 16.6. The van der Waals surface area contributed by atoms with E-state index in [9.17, 15) is 9.90 Å². The molecule has 0 heterocycles. The smallest absolute Gasteiger partial charge is 0.234 e. The van der Waals surface area contributed by atoms with Crippen LogP contribution in [0.2, 0.25) is 0 Å². The van der Waals surface area contributed by atoms with Crippen molar-refractivity contribution < 1.29 is 14.6 Å². The molecule has 0 aliphatic carbocycles. The number of ether oxygens (including phenoxy) is 1. The summed E-state index contributed by atoms with van der Waals surface area (Å²) in [4.78, 5) is 11.2. The zero-order valence-corrected chi connectivity index (χ0v) is 12.8. The highest BCUT2D eigenvalue weighted by Gasteiger charge is 2.20. The molecule has 0 bridgehead atoms. The molecular formula is C14H30N2O3. The van der Waals surface area contributed by atoms with E-state index in [1.165, 1.54) is 0 Å². The third-order valence-electron chi connectivity index (χ3n) is 2.92. The van der Waals surface area contributed by atoms with Crippen molar-refractivity contribution in [2.75, 3.05) is 13.2 Å². The first-order valence-corrected chi connectivity index (χ1v) is 7.06. The van der Waals surface area contributed by atoms with Crippen molar-refractivity contribution in [2.45, 2.75) is 59.3 Å². The van der Waals surface area contributed by atoms with Crippen LogP contribution in [-0.2, 0) is 9.53 Å². The highest BCUT2D eigenvalue weighted by Crippen LogP contribution is 2.08. The number of hydrogen-bond acceptors (Lipinski definition) is 4. The van der Waals surface area contributed by atoms with E-state index in [0.717, 1.165) is 6.42 Å². The van der Waals surface area contributed by atoms with E-state index in [2.05, 4.69) is 19.2 Å². The Hall–Kier alpha value is -0.650. The topological polar surface area (TPSA) is 84.6 Å². The molecule has 0 aromatic heterocycles. The molecule has 4 N–H and O–H groups in total. The minimum Gasteiger partial charge on any atom is -0.389 e. The zero-order chi connectivity index (χ0) is 15.0. The van der Waals surface area contributed by atoms with Gasteiger partial charge in [0.1, 0.15) is 0 Å². The van der Waals surface area contributed by atoms with Crippen molar-refractivity contribution in [3.05, 3.63) is 0 Å². The van der Waals surface area contributed by atoms with Crippen molar-refractivity contribution in [1.82, 2.24) is 5.32 Å². The summed E-state index contributed by atoms with van der Waals surface area (Å²) >= 11 is 0. The van der Waals surface area contributed by atoms with Gasteiger partial charge in [-0.25, -0.2) is 0 Å². The van der Waals surface area contributed by atoms with E-state index < -0.39 is 18.1 Å². The van der Waals surface area contributed by atoms with Gasteiger partial charge in [0.15, 0.2) is 0 Å². The van der Waals surface area contributed by atoms with Gasteiger partial charge in [0, 0.05) is 6.54 Å². The molecule has 0 fully saturated rings. The maximum absolute atomic E-state index is 11.2. The monoisotopic (exact) mass is 274 g/mol. The number of carbonyl (C=O) groups excluding carboxylic acids is 1. The Kier molecular flexibility index (Phi) is 8.97. The third-order valence-corrected chi connectivity index (χ3v) is 2.92. The van der Waals surface area contributed by atoms with Gasteiger partial charge in [-0.3, -0.25) is 4.79 Å². The highest BCUT2D eigenvalue weighted by atomic mass is 16.5. The van der Waals surface area contributed by atoms with E-state index in [1.807, 2.05) is 20.8 Å². The number of nitrogens with two attached hydrogens (primary N) is 1. The van der Waals surface area contributed by atoms with Crippen LogP contribution in [0.1, 0.15) is 41.0 Å². The molecule has 0 saturated heterocycles. The summed E-state index contributed by atoms with van der Waals surface area (Å²) in [6, 6.07) is -0.414. The van der Waals surface area contributed by atoms with Gasteiger partial charge in [-0.15, -0.1) is 0 Å². The molecule has 1 amide bonds. The number of primary amides is 1. The first kappa shape index (κ1) is 18.4. The largest absolute Gasteiger partial charge is 0.389 e. The summed E-state index contributed by atoms with van der Waals surface area (Å²) in [5.41, 5.74) is 5.29. The first-order chi connectivity index (χ1) is 8.73. The maximum Gasteiger partial charge on any atom is 0.234 e. The fraction of sp³-hybridized carbons (Fsp3) is 0.929. The van der Waals surface area contributed by atoms with E-state index in [-0.39, 0.29) is 18.6 Å². The van der Waals surface area contributed by atoms with Crippen LogP contribution < -0.4 is 11.1 Å². The number of rotatable bonds is 10. The van der Waals surface area contributed by atoms with Crippen molar-refractivity contribution in [3.8, 4) is 0 Å². The highest BCUT2D eigenvalue weighted by molar-refractivity contribution is 5.80. The van der Waals surface area contributed by atoms with Gasteiger partial charge in [-0.05, 0) is 25.2 Å². The predicted octanol–water partition coefficient (Wildman–Crippen LogP) is 0.898. The van der Waals surface area contributed by atoms with Gasteiger partial charge in [0.25, 0.3) is 0 Å². The summed E-state index contributed by atoms with van der Waals surface area (Å²) in [7, 11) is 0. The van der Waals surface area contributed by atoms with Crippen molar-refractivity contribution >= 4 is 5.91 Å². The number of nitrogens with one attached hydrogen (secondary N) is 1. The van der Waals surface area contributed by atoms with Gasteiger partial charge in [0.2, 0.25) is 5.91 Å². The maximum atomic E-state index is 11.2. The SMILES string of the molecule is CC(C)CC(C)OCC(O)CNC(C(N)=O)C(C)C. The minimum absolute atomic E-state index is 0.102. The van der Waals surface area contributed by atoms with Crippen molar-refractivity contribution in [1.29, 1.82) is 0 Å². The van der Waals surface area contributed by atoms with Crippen LogP contribution in [0, 0.1) is 11.8 Å². The molecule has 5 nitrogen and oxygen atoms in total. The molecule has 0 aliphatic rings. The van der Waals surface area contributed by atoms with Gasteiger partial charge in [-0.2, -0.15) is 0 Å². The molecule has 0 spiro atoms. The standard InChI is InChI=1S/C14H30N2O3/c1-9(2)6-11(5)19-8-12(17)7-16-13(10(3)4)14(15)18/h9-13,16-17H,6-8H2,1-5H3,(H2,15,18). The van der Waals surface area contributed by atoms with E-state index in [0.29, 0.717) is 12.5 Å². The fourth-order valence-electron chi connectivity index (χ4n) is 1.99. The van der Waals surface area contributed by atoms with Crippen LogP contribution in [0.5, 0.6) is 0 Å². The van der Waals surface area contributed by atoms with Crippen LogP contribution in [0.4, 0.5) is 0 Å². The summed E-state index contributed by atoms with van der Waals surface area (Å²) in [5.74, 6) is 0.284. The molecule has 3 unspecified atom stereocenters. The van der Waals surface area contributed by atoms with E-state index in [4.69, 9.17) is 10.5 Å². The predicted molar refractivity (Wildman–Crippen MR) is 76.7 cm³/mol. The van der Waals surface area contributed by atoms with Crippen LogP contribution in [-0.4, -0.2) is 42.4 Å². The lowest BCUT2D eigenvalue weighted by Crippen LogP contribution is -2.48. The Balaban J connectivity index is 3.91. The minimum atomic E-state index is -0.629. The van der Waals surface area contributed by atoms with Gasteiger partial charge >= 0.3 is 0 Å². The first-order valence-electron chi connectivity index (χ1n) is 7.06. The summed E-state index contributed by atoms with van der Waals surface area (Å²) in [6.07, 6.45) is 0.470. The molecule has 0 radical (unpaired) electrons. The lowest BCUT2D eigenvalue weighted by molar-refractivity contribution is -0.121. The van der Waals surface area contributed by atoms with Gasteiger partial charge < -0.3 is 20.9 Å². The number of hydrogen-bond donors (Lipinski definition) is 3. The molecular weight excluding hydrogens is 244 g/mol. The Labute approximate surface area is 116 Å². The van der Waals surface area contributed by atoms with Crippen LogP contribution >= 0.6 is 0 Å². The van der Waals surface area contributed by atoms with E-state index >= 15 is 0 Å². The molecule has 0 aromatic carbocycles. The lowest BCUT2D eigenvalue weighted by Gasteiger charge is -2.22. The molecule has 5 heteroatoms. The number of aliphatic hydroxyl groups excluding tert-OH is 1. The average molecular weight is 274 g/mol. The summed E-state index contributed by atoms with van der Waals surface area (Å²) in [5, 5.41) is 12.8. The Morgan fingerprint density at radius 3 is 2.26 bits per heavy atom. The molecule has 3 atom stereocenters. The number of aliphatic hydroxyl groups is 1. The molecule has 114 valence electrons. The number of carbonyl (C=O) groups is 1. The van der Waals surface area contributed by atoms with Crippen LogP contribution in [0.15, 0.2) is 0 Å². The second-order valence-electron chi connectivity index (χ2n) is 5.96. The molecule has 0 rings (SSSR count). The third kappa shape index (κ3) is 8.97. The second-order valence-corrected chi connectivity index (χ2v) is 5.96. The van der Waals surface area contributed by atoms with Gasteiger partial charge in [0.05, 0.1) is 24.9 Å². The van der Waals surface area contributed by atoms with Crippen molar-refractivity contribution in [2.24, 2.45) is 17.6 Å². The fourth-order valence-corrected chi connectivity index (χ4v) is 1.99. The number of amides is 1. The zero-order valence-electron chi connectivity index (χ0n) is 12.8. The lowest BCUT2D eigenvalue weighted by atomic mass is 10.0. The molecule has 0 aromatic rings. The average Bonchev–Trinajstić information content (AvgIpc) is 2.24. The van der Waals surface area contributed by atoms with Crippen LogP contribution in [0.3, 0.4) is 0 Å². The Bertz CT molecular complexity index is 257. The molecule has 0 aliphatic heterocycles.